The van der Waals surface area contributed by atoms with Crippen molar-refractivity contribution in [2.24, 2.45) is 0 Å². The second kappa shape index (κ2) is 8.76. The normalized spacial score (nSPS) is 10.3. The molecule has 2 rings (SSSR count). The summed E-state index contributed by atoms with van der Waals surface area (Å²) >= 11 is 11.4. The minimum absolute atomic E-state index is 0.694. The fraction of sp³-hybridized carbons (Fsp3) is 0.278. The second-order valence-electron chi connectivity index (χ2n) is 5.26. The van der Waals surface area contributed by atoms with Crippen LogP contribution in [0.2, 0.25) is 5.02 Å². The first-order valence-corrected chi connectivity index (χ1v) is 8.24. The van der Waals surface area contributed by atoms with Gasteiger partial charge in [-0.05, 0) is 49.2 Å². The molecule has 4 heteroatoms. The molecule has 0 radical (unpaired) electrons. The van der Waals surface area contributed by atoms with Crippen LogP contribution in [0.15, 0.2) is 48.5 Å². The molecule has 0 bridgehead atoms. The van der Waals surface area contributed by atoms with Crippen molar-refractivity contribution >= 4 is 28.9 Å². The Morgan fingerprint density at radius 1 is 0.955 bits per heavy atom. The average Bonchev–Trinajstić information content (AvgIpc) is 2.51. The molecule has 2 nitrogen and oxygen atoms in total. The smallest absolute Gasteiger partial charge is 0.166 e. The standard InChI is InChI=1S/C18H21ClN2S/c1-14-6-8-15(9-7-14)10-12-20-18(22)21-13-11-16-4-2-3-5-17(16)19/h2-9H,10-13H2,1H3,(H2,20,21,22). The first kappa shape index (κ1) is 16.8. The Kier molecular flexibility index (Phi) is 6.69. The van der Waals surface area contributed by atoms with Gasteiger partial charge in [0.15, 0.2) is 5.11 Å². The summed E-state index contributed by atoms with van der Waals surface area (Å²) in [5.41, 5.74) is 3.74. The van der Waals surface area contributed by atoms with Crippen molar-refractivity contribution < 1.29 is 0 Å². The van der Waals surface area contributed by atoms with Crippen molar-refractivity contribution in [2.45, 2.75) is 19.8 Å². The number of aryl methyl sites for hydroxylation is 1. The molecule has 0 aliphatic rings. The summed E-state index contributed by atoms with van der Waals surface area (Å²) in [7, 11) is 0. The van der Waals surface area contributed by atoms with Crippen LogP contribution >= 0.6 is 23.8 Å². The lowest BCUT2D eigenvalue weighted by atomic mass is 10.1. The van der Waals surface area contributed by atoms with Crippen LogP contribution < -0.4 is 10.6 Å². The topological polar surface area (TPSA) is 24.1 Å². The van der Waals surface area contributed by atoms with Crippen molar-refractivity contribution in [2.75, 3.05) is 13.1 Å². The highest BCUT2D eigenvalue weighted by atomic mass is 35.5. The lowest BCUT2D eigenvalue weighted by Crippen LogP contribution is -2.37. The summed E-state index contributed by atoms with van der Waals surface area (Å²) in [4.78, 5) is 0. The van der Waals surface area contributed by atoms with Gasteiger partial charge in [0.05, 0.1) is 0 Å². The highest BCUT2D eigenvalue weighted by Crippen LogP contribution is 2.14. The Morgan fingerprint density at radius 2 is 1.59 bits per heavy atom. The molecule has 22 heavy (non-hydrogen) atoms. The monoisotopic (exact) mass is 332 g/mol. The minimum Gasteiger partial charge on any atom is -0.362 e. The molecule has 2 aromatic rings. The molecule has 0 aromatic heterocycles. The Morgan fingerprint density at radius 3 is 2.27 bits per heavy atom. The zero-order chi connectivity index (χ0) is 15.8. The van der Waals surface area contributed by atoms with Gasteiger partial charge < -0.3 is 10.6 Å². The van der Waals surface area contributed by atoms with E-state index in [1.165, 1.54) is 11.1 Å². The molecule has 0 unspecified atom stereocenters. The quantitative estimate of drug-likeness (QED) is 0.785. The molecule has 0 fully saturated rings. The zero-order valence-corrected chi connectivity index (χ0v) is 14.3. The van der Waals surface area contributed by atoms with Gasteiger partial charge in [-0.3, -0.25) is 0 Å². The van der Waals surface area contributed by atoms with E-state index in [4.69, 9.17) is 23.8 Å². The third-order valence-electron chi connectivity index (χ3n) is 3.46. The van der Waals surface area contributed by atoms with E-state index in [0.717, 1.165) is 36.5 Å². The molecule has 0 saturated heterocycles. The maximum atomic E-state index is 6.13. The van der Waals surface area contributed by atoms with E-state index in [1.807, 2.05) is 24.3 Å². The molecular formula is C18H21ClN2S. The maximum absolute atomic E-state index is 6.13. The number of halogens is 1. The maximum Gasteiger partial charge on any atom is 0.166 e. The van der Waals surface area contributed by atoms with Crippen LogP contribution in [0.25, 0.3) is 0 Å². The van der Waals surface area contributed by atoms with Gasteiger partial charge in [-0.2, -0.15) is 0 Å². The predicted molar refractivity (Wildman–Crippen MR) is 98.6 cm³/mol. The minimum atomic E-state index is 0.694. The molecular weight excluding hydrogens is 312 g/mol. The van der Waals surface area contributed by atoms with Gasteiger partial charge in [0, 0.05) is 18.1 Å². The Hall–Kier alpha value is -1.58. The number of hydrogen-bond donors (Lipinski definition) is 2. The number of thiocarbonyl (C=S) groups is 1. The van der Waals surface area contributed by atoms with E-state index >= 15 is 0 Å². The fourth-order valence-electron chi connectivity index (χ4n) is 2.15. The van der Waals surface area contributed by atoms with Gasteiger partial charge in [-0.1, -0.05) is 59.6 Å². The molecule has 0 saturated carbocycles. The van der Waals surface area contributed by atoms with Crippen LogP contribution in [-0.2, 0) is 12.8 Å². The van der Waals surface area contributed by atoms with Crippen LogP contribution in [0.5, 0.6) is 0 Å². The SMILES string of the molecule is Cc1ccc(CCNC(=S)NCCc2ccccc2Cl)cc1. The van der Waals surface area contributed by atoms with Crippen LogP contribution in [0.1, 0.15) is 16.7 Å². The molecule has 0 aliphatic carbocycles. The molecule has 2 N–H and O–H groups in total. The van der Waals surface area contributed by atoms with Gasteiger partial charge in [0.2, 0.25) is 0 Å². The van der Waals surface area contributed by atoms with Crippen molar-refractivity contribution in [3.63, 3.8) is 0 Å². The third kappa shape index (κ3) is 5.66. The lowest BCUT2D eigenvalue weighted by molar-refractivity contribution is 0.802. The first-order chi connectivity index (χ1) is 10.6. The lowest BCUT2D eigenvalue weighted by Gasteiger charge is -2.11. The van der Waals surface area contributed by atoms with Crippen LogP contribution in [-0.4, -0.2) is 18.2 Å². The molecule has 0 atom stereocenters. The van der Waals surface area contributed by atoms with Crippen LogP contribution in [0, 0.1) is 6.92 Å². The van der Waals surface area contributed by atoms with Crippen LogP contribution in [0.3, 0.4) is 0 Å². The van der Waals surface area contributed by atoms with Gasteiger partial charge in [0.25, 0.3) is 0 Å². The van der Waals surface area contributed by atoms with Gasteiger partial charge in [-0.15, -0.1) is 0 Å². The molecule has 0 spiro atoms. The summed E-state index contributed by atoms with van der Waals surface area (Å²) < 4.78 is 0. The molecule has 0 aliphatic heterocycles. The summed E-state index contributed by atoms with van der Waals surface area (Å²) in [5, 5.41) is 7.95. The van der Waals surface area contributed by atoms with Crippen LogP contribution in [0.4, 0.5) is 0 Å². The molecule has 0 amide bonds. The molecule has 116 valence electrons. The Labute approximate surface area is 142 Å². The van der Waals surface area contributed by atoms with Gasteiger partial charge >= 0.3 is 0 Å². The summed E-state index contributed by atoms with van der Waals surface area (Å²) in [6.45, 7) is 3.71. The van der Waals surface area contributed by atoms with E-state index < -0.39 is 0 Å². The van der Waals surface area contributed by atoms with E-state index in [1.54, 1.807) is 0 Å². The van der Waals surface area contributed by atoms with Gasteiger partial charge in [0.1, 0.15) is 0 Å². The Bertz CT molecular complexity index is 611. The van der Waals surface area contributed by atoms with Crippen molar-refractivity contribution in [1.82, 2.24) is 10.6 Å². The zero-order valence-electron chi connectivity index (χ0n) is 12.7. The van der Waals surface area contributed by atoms with Crippen molar-refractivity contribution in [3.05, 3.63) is 70.2 Å². The van der Waals surface area contributed by atoms with Crippen molar-refractivity contribution in [1.29, 1.82) is 0 Å². The fourth-order valence-corrected chi connectivity index (χ4v) is 2.58. The van der Waals surface area contributed by atoms with Crippen molar-refractivity contribution in [3.8, 4) is 0 Å². The number of benzene rings is 2. The highest BCUT2D eigenvalue weighted by molar-refractivity contribution is 7.80. The summed E-state index contributed by atoms with van der Waals surface area (Å²) in [6, 6.07) is 16.5. The second-order valence-corrected chi connectivity index (χ2v) is 6.08. The first-order valence-electron chi connectivity index (χ1n) is 7.46. The van der Waals surface area contributed by atoms with Gasteiger partial charge in [-0.25, -0.2) is 0 Å². The Balaban J connectivity index is 1.64. The number of rotatable bonds is 6. The summed E-state index contributed by atoms with van der Waals surface area (Å²) in [5.74, 6) is 0. The van der Waals surface area contributed by atoms with E-state index in [9.17, 15) is 0 Å². The van der Waals surface area contributed by atoms with E-state index in [2.05, 4.69) is 41.8 Å². The third-order valence-corrected chi connectivity index (χ3v) is 4.11. The highest BCUT2D eigenvalue weighted by Gasteiger charge is 2.00. The number of nitrogens with one attached hydrogen (secondary N) is 2. The van der Waals surface area contributed by atoms with E-state index in [0.29, 0.717) is 5.11 Å². The molecule has 0 heterocycles. The average molecular weight is 333 g/mol. The molecule has 2 aromatic carbocycles. The largest absolute Gasteiger partial charge is 0.362 e. The number of hydrogen-bond acceptors (Lipinski definition) is 1. The summed E-state index contributed by atoms with van der Waals surface area (Å²) in [6.07, 6.45) is 1.83. The van der Waals surface area contributed by atoms with E-state index in [-0.39, 0.29) is 0 Å². The predicted octanol–water partition coefficient (Wildman–Crippen LogP) is 3.90.